The highest BCUT2D eigenvalue weighted by atomic mass is 35.5. The molecule has 0 bridgehead atoms. The number of nitrogens with zero attached hydrogens (tertiary/aromatic N) is 2. The van der Waals surface area contributed by atoms with Crippen molar-refractivity contribution in [2.45, 2.75) is 63.6 Å². The second kappa shape index (κ2) is 12.4. The van der Waals surface area contributed by atoms with Crippen molar-refractivity contribution in [3.63, 3.8) is 0 Å². The molecule has 2 heterocycles. The Hall–Kier alpha value is -3.34. The van der Waals surface area contributed by atoms with Crippen LogP contribution in [-0.4, -0.2) is 61.7 Å². The summed E-state index contributed by atoms with van der Waals surface area (Å²) in [5.74, 6) is -0.953. The van der Waals surface area contributed by atoms with Gasteiger partial charge in [-0.3, -0.25) is 14.4 Å². The molecular weight excluding hydrogens is 552 g/mol. The van der Waals surface area contributed by atoms with Crippen LogP contribution in [0.25, 0.3) is 0 Å². The maximum atomic E-state index is 13.8. The van der Waals surface area contributed by atoms with Gasteiger partial charge in [0, 0.05) is 16.3 Å². The Morgan fingerprint density at radius 1 is 1.15 bits per heavy atom. The van der Waals surface area contributed by atoms with Gasteiger partial charge in [0.15, 0.2) is 6.10 Å². The molecule has 3 aromatic rings. The van der Waals surface area contributed by atoms with Crippen LogP contribution in [0, 0.1) is 13.8 Å². The average Bonchev–Trinajstić information content (AvgIpc) is 3.44. The lowest BCUT2D eigenvalue weighted by atomic mass is 9.96. The molecule has 0 saturated carbocycles. The van der Waals surface area contributed by atoms with Crippen molar-refractivity contribution in [3.05, 3.63) is 87.8 Å². The van der Waals surface area contributed by atoms with Crippen molar-refractivity contribution in [3.8, 4) is 0 Å². The number of rotatable bonds is 9. The van der Waals surface area contributed by atoms with E-state index in [4.69, 9.17) is 16.1 Å². The number of carbonyl (C=O) groups excluding carboxylic acids is 3. The summed E-state index contributed by atoms with van der Waals surface area (Å²) in [4.78, 5) is 41.8. The molecule has 1 aliphatic rings. The summed E-state index contributed by atoms with van der Waals surface area (Å²) in [5, 5.41) is 21.5. The summed E-state index contributed by atoms with van der Waals surface area (Å²) in [6.45, 7) is 7.24. The summed E-state index contributed by atoms with van der Waals surface area (Å²) in [6, 6.07) is 14.6. The molecule has 1 aliphatic heterocycles. The quantitative estimate of drug-likeness (QED) is 0.351. The van der Waals surface area contributed by atoms with Crippen molar-refractivity contribution >= 4 is 41.1 Å². The molecule has 1 saturated heterocycles. The first-order valence-corrected chi connectivity index (χ1v) is 14.3. The molecule has 0 radical (unpaired) electrons. The van der Waals surface area contributed by atoms with Gasteiger partial charge >= 0.3 is 0 Å². The Kier molecular flexibility index (Phi) is 9.22. The SMILES string of the molecule is Cc1noc(C)c1C(=O)N[C@@H](Cc1ccccc1)[C@H](O)C(=O)N1CSC(C)(C)[C@H]1C(=O)NCc1ccccc1Cl. The fourth-order valence-electron chi connectivity index (χ4n) is 4.83. The van der Waals surface area contributed by atoms with Crippen LogP contribution in [-0.2, 0) is 22.6 Å². The first-order chi connectivity index (χ1) is 19.0. The first kappa shape index (κ1) is 29.6. The molecule has 3 amide bonds. The summed E-state index contributed by atoms with van der Waals surface area (Å²) >= 11 is 7.69. The van der Waals surface area contributed by atoms with Gasteiger partial charge in [-0.1, -0.05) is 65.3 Å². The lowest BCUT2D eigenvalue weighted by molar-refractivity contribution is -0.147. The van der Waals surface area contributed by atoms with Crippen molar-refractivity contribution in [1.29, 1.82) is 0 Å². The van der Waals surface area contributed by atoms with Gasteiger partial charge in [-0.25, -0.2) is 0 Å². The van der Waals surface area contributed by atoms with Crippen molar-refractivity contribution in [2.24, 2.45) is 0 Å². The fraction of sp³-hybridized carbons (Fsp3) is 0.379. The molecule has 0 spiro atoms. The van der Waals surface area contributed by atoms with Gasteiger partial charge in [-0.2, -0.15) is 0 Å². The second-order valence-corrected chi connectivity index (χ2v) is 12.3. The number of aromatic nitrogens is 1. The van der Waals surface area contributed by atoms with Gasteiger partial charge in [0.1, 0.15) is 17.4 Å². The topological polar surface area (TPSA) is 125 Å². The normalized spacial score (nSPS) is 17.8. The summed E-state index contributed by atoms with van der Waals surface area (Å²) in [6.07, 6.45) is -1.42. The molecule has 9 nitrogen and oxygen atoms in total. The van der Waals surface area contributed by atoms with E-state index in [0.29, 0.717) is 16.5 Å². The summed E-state index contributed by atoms with van der Waals surface area (Å²) < 4.78 is 4.51. The van der Waals surface area contributed by atoms with Crippen LogP contribution in [0.4, 0.5) is 0 Å². The van der Waals surface area contributed by atoms with E-state index in [1.54, 1.807) is 19.9 Å². The highest BCUT2D eigenvalue weighted by Crippen LogP contribution is 2.40. The van der Waals surface area contributed by atoms with E-state index in [9.17, 15) is 19.5 Å². The van der Waals surface area contributed by atoms with Gasteiger partial charge in [-0.05, 0) is 51.3 Å². The number of benzene rings is 2. The lowest BCUT2D eigenvalue weighted by Gasteiger charge is -2.33. The number of aliphatic hydroxyl groups excluding tert-OH is 1. The molecule has 3 N–H and O–H groups in total. The predicted molar refractivity (Wildman–Crippen MR) is 154 cm³/mol. The van der Waals surface area contributed by atoms with Crippen LogP contribution in [0.15, 0.2) is 59.1 Å². The maximum absolute atomic E-state index is 13.8. The van der Waals surface area contributed by atoms with Crippen LogP contribution in [0.3, 0.4) is 0 Å². The number of halogens is 1. The van der Waals surface area contributed by atoms with Gasteiger partial charge in [0.05, 0.1) is 17.6 Å². The molecule has 1 fully saturated rings. The average molecular weight is 585 g/mol. The van der Waals surface area contributed by atoms with Crippen LogP contribution in [0.2, 0.25) is 5.02 Å². The van der Waals surface area contributed by atoms with E-state index in [1.807, 2.05) is 62.4 Å². The smallest absolute Gasteiger partial charge is 0.257 e. The molecule has 11 heteroatoms. The van der Waals surface area contributed by atoms with Gasteiger partial charge in [-0.15, -0.1) is 11.8 Å². The molecule has 4 rings (SSSR count). The Morgan fingerprint density at radius 2 is 1.82 bits per heavy atom. The van der Waals surface area contributed by atoms with Crippen molar-refractivity contribution in [2.75, 3.05) is 5.88 Å². The van der Waals surface area contributed by atoms with E-state index in [2.05, 4.69) is 15.8 Å². The number of aliphatic hydroxyl groups is 1. The molecule has 1 aromatic heterocycles. The number of hydrogen-bond donors (Lipinski definition) is 3. The van der Waals surface area contributed by atoms with E-state index in [1.165, 1.54) is 16.7 Å². The fourth-order valence-corrected chi connectivity index (χ4v) is 6.18. The predicted octanol–water partition coefficient (Wildman–Crippen LogP) is 3.64. The van der Waals surface area contributed by atoms with E-state index >= 15 is 0 Å². The number of carbonyl (C=O) groups is 3. The Bertz CT molecular complexity index is 1360. The zero-order valence-corrected chi connectivity index (χ0v) is 24.4. The number of amides is 3. The maximum Gasteiger partial charge on any atom is 0.257 e. The van der Waals surface area contributed by atoms with Gasteiger partial charge in [0.25, 0.3) is 11.8 Å². The van der Waals surface area contributed by atoms with Gasteiger partial charge < -0.3 is 25.2 Å². The minimum atomic E-state index is -1.61. The van der Waals surface area contributed by atoms with Crippen LogP contribution in [0.5, 0.6) is 0 Å². The monoisotopic (exact) mass is 584 g/mol. The zero-order chi connectivity index (χ0) is 29.0. The van der Waals surface area contributed by atoms with Crippen LogP contribution < -0.4 is 10.6 Å². The molecule has 0 unspecified atom stereocenters. The number of thioether (sulfide) groups is 1. The Labute approximate surface area is 242 Å². The third-order valence-corrected chi connectivity index (χ3v) is 8.74. The minimum Gasteiger partial charge on any atom is -0.381 e. The molecular formula is C29H33ClN4O5S. The van der Waals surface area contributed by atoms with E-state index in [0.717, 1.165) is 11.1 Å². The van der Waals surface area contributed by atoms with Crippen LogP contribution in [0.1, 0.15) is 46.8 Å². The minimum absolute atomic E-state index is 0.191. The lowest BCUT2D eigenvalue weighted by Crippen LogP contribution is -2.58. The van der Waals surface area contributed by atoms with Crippen LogP contribution >= 0.6 is 23.4 Å². The number of aryl methyl sites for hydroxylation is 2. The Morgan fingerprint density at radius 3 is 2.48 bits per heavy atom. The largest absolute Gasteiger partial charge is 0.381 e. The summed E-state index contributed by atoms with van der Waals surface area (Å²) in [5.41, 5.74) is 2.24. The number of nitrogens with one attached hydrogen (secondary N) is 2. The van der Waals surface area contributed by atoms with Crippen molar-refractivity contribution in [1.82, 2.24) is 20.7 Å². The third kappa shape index (κ3) is 6.51. The second-order valence-electron chi connectivity index (χ2n) is 10.3. The molecule has 212 valence electrons. The molecule has 3 atom stereocenters. The highest BCUT2D eigenvalue weighted by Gasteiger charge is 2.49. The molecule has 40 heavy (non-hydrogen) atoms. The molecule has 2 aromatic carbocycles. The van der Waals surface area contributed by atoms with Gasteiger partial charge in [0.2, 0.25) is 5.91 Å². The van der Waals surface area contributed by atoms with E-state index < -0.39 is 34.7 Å². The van der Waals surface area contributed by atoms with Crippen molar-refractivity contribution < 1.29 is 24.0 Å². The Balaban J connectivity index is 1.55. The first-order valence-electron chi connectivity index (χ1n) is 12.9. The number of hydrogen-bond acceptors (Lipinski definition) is 7. The summed E-state index contributed by atoms with van der Waals surface area (Å²) in [7, 11) is 0. The zero-order valence-electron chi connectivity index (χ0n) is 22.8. The standard InChI is InChI=1S/C29H33ClN4O5S/c1-17-23(18(2)39-33-17)26(36)32-22(14-19-10-6-5-7-11-19)24(35)28(38)34-16-40-29(3,4)25(34)27(37)31-15-20-12-8-9-13-21(20)30/h5-13,22,24-25,35H,14-16H2,1-4H3,(H,31,37)(H,32,36)/t22-,24-,25+/m0/s1. The molecule has 0 aliphatic carbocycles. The third-order valence-electron chi connectivity index (χ3n) is 7.00. The van der Waals surface area contributed by atoms with E-state index in [-0.39, 0.29) is 30.3 Å². The highest BCUT2D eigenvalue weighted by molar-refractivity contribution is 8.00.